The van der Waals surface area contributed by atoms with E-state index in [-0.39, 0.29) is 11.9 Å². The molecular formula is C19H19NO5. The Bertz CT molecular complexity index is 863. The van der Waals surface area contributed by atoms with Crippen molar-refractivity contribution < 1.29 is 23.7 Å². The van der Waals surface area contributed by atoms with E-state index in [0.29, 0.717) is 17.1 Å². The van der Waals surface area contributed by atoms with Gasteiger partial charge in [0, 0.05) is 11.1 Å². The summed E-state index contributed by atoms with van der Waals surface area (Å²) in [5.74, 6) is 2.51. The summed E-state index contributed by atoms with van der Waals surface area (Å²) in [6.07, 6.45) is -0.474. The summed E-state index contributed by atoms with van der Waals surface area (Å²) in [4.78, 5) is 14.7. The highest BCUT2D eigenvalue weighted by molar-refractivity contribution is 6.00. The molecule has 0 aromatic heterocycles. The molecule has 2 aliphatic heterocycles. The van der Waals surface area contributed by atoms with Crippen molar-refractivity contribution in [2.45, 2.75) is 19.2 Å². The summed E-state index contributed by atoms with van der Waals surface area (Å²) in [5, 5.41) is 0. The fraction of sp³-hybridized carbons (Fsp3) is 0.316. The van der Waals surface area contributed by atoms with Crippen LogP contribution in [0.4, 0.5) is 0 Å². The van der Waals surface area contributed by atoms with Gasteiger partial charge in [0.1, 0.15) is 11.5 Å². The second-order valence-corrected chi connectivity index (χ2v) is 6.06. The molecule has 2 heterocycles. The van der Waals surface area contributed by atoms with E-state index in [9.17, 15) is 4.79 Å². The quantitative estimate of drug-likeness (QED) is 0.857. The van der Waals surface area contributed by atoms with Crippen LogP contribution in [0, 0.1) is 0 Å². The normalized spacial score (nSPS) is 20.3. The summed E-state index contributed by atoms with van der Waals surface area (Å²) in [5.41, 5.74) is 2.29. The molecule has 0 unspecified atom stereocenters. The van der Waals surface area contributed by atoms with Crippen molar-refractivity contribution in [3.8, 4) is 23.0 Å². The monoisotopic (exact) mass is 341 g/mol. The number of amides is 1. The Labute approximate surface area is 145 Å². The molecule has 6 nitrogen and oxygen atoms in total. The van der Waals surface area contributed by atoms with Gasteiger partial charge in [0.25, 0.3) is 5.91 Å². The first-order chi connectivity index (χ1) is 12.1. The van der Waals surface area contributed by atoms with Gasteiger partial charge in [-0.15, -0.1) is 0 Å². The number of carbonyl (C=O) groups excluding carboxylic acids is 1. The number of rotatable bonds is 3. The predicted molar refractivity (Wildman–Crippen MR) is 90.5 cm³/mol. The van der Waals surface area contributed by atoms with Gasteiger partial charge in [0.15, 0.2) is 11.5 Å². The fourth-order valence-corrected chi connectivity index (χ4v) is 3.54. The third kappa shape index (κ3) is 2.13. The van der Waals surface area contributed by atoms with Crippen LogP contribution in [0.25, 0.3) is 0 Å². The van der Waals surface area contributed by atoms with Crippen LogP contribution in [-0.2, 0) is 0 Å². The van der Waals surface area contributed by atoms with E-state index in [2.05, 4.69) is 0 Å². The van der Waals surface area contributed by atoms with E-state index in [0.717, 1.165) is 22.6 Å². The molecule has 0 bridgehead atoms. The zero-order valence-corrected chi connectivity index (χ0v) is 14.5. The van der Waals surface area contributed by atoms with E-state index in [1.165, 1.54) is 0 Å². The minimum atomic E-state index is -0.474. The Morgan fingerprint density at radius 3 is 2.36 bits per heavy atom. The molecule has 6 heteroatoms. The largest absolute Gasteiger partial charge is 0.497 e. The molecule has 0 fully saturated rings. The number of hydrogen-bond donors (Lipinski definition) is 0. The molecule has 1 amide bonds. The van der Waals surface area contributed by atoms with Gasteiger partial charge in [-0.05, 0) is 37.3 Å². The molecule has 2 aromatic carbocycles. The van der Waals surface area contributed by atoms with Crippen molar-refractivity contribution in [3.63, 3.8) is 0 Å². The van der Waals surface area contributed by atoms with Crippen LogP contribution in [0.15, 0.2) is 30.3 Å². The smallest absolute Gasteiger partial charge is 0.258 e. The lowest BCUT2D eigenvalue weighted by molar-refractivity contribution is -0.00198. The number of benzene rings is 2. The van der Waals surface area contributed by atoms with Gasteiger partial charge < -0.3 is 18.9 Å². The first kappa shape index (κ1) is 15.6. The van der Waals surface area contributed by atoms with Gasteiger partial charge in [0.05, 0.1) is 32.9 Å². The van der Waals surface area contributed by atoms with E-state index < -0.39 is 6.23 Å². The summed E-state index contributed by atoms with van der Waals surface area (Å²) in [7, 11) is 4.75. The molecule has 2 atom stereocenters. The minimum Gasteiger partial charge on any atom is -0.497 e. The maximum absolute atomic E-state index is 13.0. The summed E-state index contributed by atoms with van der Waals surface area (Å²) >= 11 is 0. The maximum atomic E-state index is 13.0. The number of ether oxygens (including phenoxy) is 4. The topological polar surface area (TPSA) is 57.2 Å². The molecule has 0 aliphatic carbocycles. The number of fused-ring (bicyclic) bond motifs is 4. The van der Waals surface area contributed by atoms with Gasteiger partial charge >= 0.3 is 0 Å². The molecule has 2 aromatic rings. The summed E-state index contributed by atoms with van der Waals surface area (Å²) in [6.45, 7) is 1.99. The Hall–Kier alpha value is -2.89. The Morgan fingerprint density at radius 1 is 0.960 bits per heavy atom. The van der Waals surface area contributed by atoms with E-state index in [1.807, 2.05) is 31.2 Å². The summed E-state index contributed by atoms with van der Waals surface area (Å²) in [6, 6.07) is 9.04. The first-order valence-corrected chi connectivity index (χ1v) is 8.02. The van der Waals surface area contributed by atoms with Crippen LogP contribution < -0.4 is 18.9 Å². The van der Waals surface area contributed by atoms with Crippen LogP contribution in [0.3, 0.4) is 0 Å². The van der Waals surface area contributed by atoms with Gasteiger partial charge in [-0.25, -0.2) is 0 Å². The van der Waals surface area contributed by atoms with Crippen molar-refractivity contribution in [1.82, 2.24) is 4.90 Å². The maximum Gasteiger partial charge on any atom is 0.258 e. The zero-order chi connectivity index (χ0) is 17.7. The fourth-order valence-electron chi connectivity index (χ4n) is 3.54. The molecule has 25 heavy (non-hydrogen) atoms. The third-order valence-corrected chi connectivity index (χ3v) is 4.86. The minimum absolute atomic E-state index is 0.0816. The van der Waals surface area contributed by atoms with Gasteiger partial charge in [0.2, 0.25) is 6.23 Å². The highest BCUT2D eigenvalue weighted by atomic mass is 16.5. The van der Waals surface area contributed by atoms with Crippen LogP contribution in [0.2, 0.25) is 0 Å². The molecule has 0 saturated carbocycles. The van der Waals surface area contributed by atoms with Crippen LogP contribution in [0.5, 0.6) is 23.0 Å². The van der Waals surface area contributed by atoms with Crippen LogP contribution >= 0.6 is 0 Å². The average molecular weight is 341 g/mol. The zero-order valence-electron chi connectivity index (χ0n) is 14.5. The standard InChI is InChI=1S/C19H19NO5/c1-10-12-7-11(22-2)5-6-15(12)25-19-14-9-17(24-4)16(23-3)8-13(14)18(21)20(10)19/h5-10,19H,1-4H3/t10-,19+/m1/s1. The van der Waals surface area contributed by atoms with Crippen molar-refractivity contribution >= 4 is 5.91 Å². The third-order valence-electron chi connectivity index (χ3n) is 4.86. The molecule has 0 saturated heterocycles. The SMILES string of the molecule is COc1ccc2c(c1)[C@@H](C)N1C(=O)c3cc(OC)c(OC)cc3[C@@H]1O2. The molecular weight excluding hydrogens is 322 g/mol. The second-order valence-electron chi connectivity index (χ2n) is 6.06. The average Bonchev–Trinajstić information content (AvgIpc) is 2.92. The molecule has 0 spiro atoms. The molecule has 2 aliphatic rings. The first-order valence-electron chi connectivity index (χ1n) is 8.02. The number of carbonyl (C=O) groups is 1. The Kier molecular flexibility index (Phi) is 3.49. The van der Waals surface area contributed by atoms with Crippen molar-refractivity contribution in [2.75, 3.05) is 21.3 Å². The lowest BCUT2D eigenvalue weighted by Crippen LogP contribution is -2.37. The molecule has 130 valence electrons. The number of methoxy groups -OCH3 is 3. The van der Waals surface area contributed by atoms with Crippen molar-refractivity contribution in [2.24, 2.45) is 0 Å². The van der Waals surface area contributed by atoms with Gasteiger partial charge in [-0.1, -0.05) is 0 Å². The van der Waals surface area contributed by atoms with Crippen molar-refractivity contribution in [3.05, 3.63) is 47.0 Å². The Balaban J connectivity index is 1.83. The van der Waals surface area contributed by atoms with Crippen LogP contribution in [-0.4, -0.2) is 32.1 Å². The highest BCUT2D eigenvalue weighted by Gasteiger charge is 2.46. The van der Waals surface area contributed by atoms with E-state index >= 15 is 0 Å². The second kappa shape index (κ2) is 5.58. The molecule has 0 radical (unpaired) electrons. The van der Waals surface area contributed by atoms with Crippen molar-refractivity contribution in [1.29, 1.82) is 0 Å². The lowest BCUT2D eigenvalue weighted by Gasteiger charge is -2.37. The Morgan fingerprint density at radius 2 is 1.68 bits per heavy atom. The summed E-state index contributed by atoms with van der Waals surface area (Å²) < 4.78 is 22.2. The van der Waals surface area contributed by atoms with E-state index in [1.54, 1.807) is 32.3 Å². The van der Waals surface area contributed by atoms with Crippen LogP contribution in [0.1, 0.15) is 40.7 Å². The number of hydrogen-bond acceptors (Lipinski definition) is 5. The van der Waals surface area contributed by atoms with Gasteiger partial charge in [-0.2, -0.15) is 0 Å². The van der Waals surface area contributed by atoms with E-state index in [4.69, 9.17) is 18.9 Å². The van der Waals surface area contributed by atoms with Gasteiger partial charge in [-0.3, -0.25) is 9.69 Å². The number of nitrogens with zero attached hydrogens (tertiary/aromatic N) is 1. The lowest BCUT2D eigenvalue weighted by atomic mass is 10.0. The predicted octanol–water partition coefficient (Wildman–Crippen LogP) is 3.32. The molecule has 4 rings (SSSR count). The highest BCUT2D eigenvalue weighted by Crippen LogP contribution is 2.50. The molecule has 0 N–H and O–H groups in total.